The van der Waals surface area contributed by atoms with E-state index in [2.05, 4.69) is 43.7 Å². The molecule has 6 heteroatoms. The number of fused-ring (bicyclic) bond motifs is 3. The lowest BCUT2D eigenvalue weighted by atomic mass is 9.70. The van der Waals surface area contributed by atoms with Gasteiger partial charge in [0.15, 0.2) is 0 Å². The molecule has 1 saturated heterocycles. The van der Waals surface area contributed by atoms with E-state index in [4.69, 9.17) is 4.74 Å². The number of carboxylic acid groups (broad SMARTS) is 1. The first-order chi connectivity index (χ1) is 15.3. The Kier molecular flexibility index (Phi) is 5.99. The highest BCUT2D eigenvalue weighted by Gasteiger charge is 2.47. The van der Waals surface area contributed by atoms with Crippen LogP contribution in [0.25, 0.3) is 11.1 Å². The number of ether oxygens (including phenoxy) is 1. The molecule has 170 valence electrons. The molecule has 1 atom stereocenters. The van der Waals surface area contributed by atoms with E-state index in [9.17, 15) is 14.7 Å². The van der Waals surface area contributed by atoms with Crippen molar-refractivity contribution in [1.82, 2.24) is 5.32 Å². The topological polar surface area (TPSA) is 75.6 Å². The van der Waals surface area contributed by atoms with E-state index in [1.54, 1.807) is 0 Å². The second-order valence-electron chi connectivity index (χ2n) is 9.84. The number of carbonyl (C=O) groups is 2. The summed E-state index contributed by atoms with van der Waals surface area (Å²) in [4.78, 5) is 24.9. The third kappa shape index (κ3) is 4.11. The van der Waals surface area contributed by atoms with E-state index in [0.29, 0.717) is 6.42 Å². The van der Waals surface area contributed by atoms with Gasteiger partial charge < -0.3 is 19.6 Å². The second kappa shape index (κ2) is 8.58. The van der Waals surface area contributed by atoms with Gasteiger partial charge in [0.1, 0.15) is 12.6 Å². The summed E-state index contributed by atoms with van der Waals surface area (Å²) in [6.07, 6.45) is 1.56. The number of quaternary nitrogens is 1. The number of aliphatic carboxylic acids is 1. The van der Waals surface area contributed by atoms with Crippen molar-refractivity contribution in [2.75, 3.05) is 33.8 Å². The summed E-state index contributed by atoms with van der Waals surface area (Å²) >= 11 is 0. The van der Waals surface area contributed by atoms with Crippen molar-refractivity contribution in [3.63, 3.8) is 0 Å². The SMILES string of the molecule is CCC1([C@@H](NC(=O)OCC2c3ccccc3-c3ccccc32)C(=O)O)CC[N+](C)(C)CC1. The van der Waals surface area contributed by atoms with Gasteiger partial charge in [0, 0.05) is 24.2 Å². The van der Waals surface area contributed by atoms with Gasteiger partial charge in [-0.15, -0.1) is 0 Å². The Morgan fingerprint density at radius 2 is 1.59 bits per heavy atom. The fourth-order valence-corrected chi connectivity index (χ4v) is 5.37. The zero-order chi connectivity index (χ0) is 22.9. The van der Waals surface area contributed by atoms with E-state index in [1.807, 2.05) is 31.2 Å². The summed E-state index contributed by atoms with van der Waals surface area (Å²) in [5, 5.41) is 12.7. The number of benzene rings is 2. The van der Waals surface area contributed by atoms with Gasteiger partial charge >= 0.3 is 12.1 Å². The zero-order valence-electron chi connectivity index (χ0n) is 19.1. The van der Waals surface area contributed by atoms with Crippen molar-refractivity contribution in [3.05, 3.63) is 59.7 Å². The molecule has 2 aromatic rings. The van der Waals surface area contributed by atoms with Crippen LogP contribution in [0.2, 0.25) is 0 Å². The first kappa shape index (κ1) is 22.3. The first-order valence-corrected chi connectivity index (χ1v) is 11.4. The lowest BCUT2D eigenvalue weighted by molar-refractivity contribution is -0.897. The molecule has 0 saturated carbocycles. The summed E-state index contributed by atoms with van der Waals surface area (Å²) in [6.45, 7) is 3.98. The molecule has 0 spiro atoms. The standard InChI is InChI=1S/C26H32N2O4/c1-4-26(13-15-28(2,3)16-14-26)23(24(29)30)27-25(31)32-17-22-20-11-7-5-9-18(20)19-10-6-8-12-21(19)22/h5-12,22-23H,4,13-17H2,1-3H3,(H-,27,29,30,31)/p+1/t23-/m0/s1. The quantitative estimate of drug-likeness (QED) is 0.663. The number of carbonyl (C=O) groups excluding carboxylic acids is 1. The normalized spacial score (nSPS) is 19.5. The number of nitrogens with zero attached hydrogens (tertiary/aromatic N) is 1. The van der Waals surface area contributed by atoms with Crippen LogP contribution in [0.3, 0.4) is 0 Å². The Morgan fingerprint density at radius 3 is 2.09 bits per heavy atom. The number of alkyl carbamates (subject to hydrolysis) is 1. The smallest absolute Gasteiger partial charge is 0.407 e. The molecular formula is C26H33N2O4+. The molecular weight excluding hydrogens is 404 g/mol. The zero-order valence-corrected chi connectivity index (χ0v) is 19.1. The maximum absolute atomic E-state index is 12.8. The van der Waals surface area contributed by atoms with Gasteiger partial charge in [0.05, 0.1) is 27.2 Å². The fourth-order valence-electron chi connectivity index (χ4n) is 5.37. The minimum Gasteiger partial charge on any atom is -0.480 e. The number of nitrogens with one attached hydrogen (secondary N) is 1. The summed E-state index contributed by atoms with van der Waals surface area (Å²) in [5.74, 6) is -1.04. The predicted octanol–water partition coefficient (Wildman–Crippen LogP) is 4.24. The van der Waals surface area contributed by atoms with E-state index < -0.39 is 23.5 Å². The predicted molar refractivity (Wildman–Crippen MR) is 123 cm³/mol. The molecule has 1 aliphatic carbocycles. The van der Waals surface area contributed by atoms with Crippen LogP contribution < -0.4 is 5.32 Å². The number of hydrogen-bond acceptors (Lipinski definition) is 3. The molecule has 1 heterocycles. The van der Waals surface area contributed by atoms with E-state index in [0.717, 1.165) is 52.7 Å². The van der Waals surface area contributed by atoms with Crippen LogP contribution in [0.5, 0.6) is 0 Å². The molecule has 0 aromatic heterocycles. The summed E-state index contributed by atoms with van der Waals surface area (Å²) in [7, 11) is 4.32. The molecule has 1 fully saturated rings. The maximum Gasteiger partial charge on any atom is 0.407 e. The molecule has 2 N–H and O–H groups in total. The van der Waals surface area contributed by atoms with Crippen molar-refractivity contribution in [2.45, 2.75) is 38.1 Å². The largest absolute Gasteiger partial charge is 0.480 e. The van der Waals surface area contributed by atoms with Crippen LogP contribution in [-0.2, 0) is 9.53 Å². The van der Waals surface area contributed by atoms with Crippen LogP contribution in [0.4, 0.5) is 4.79 Å². The molecule has 0 unspecified atom stereocenters. The Balaban J connectivity index is 1.47. The molecule has 2 aliphatic rings. The van der Waals surface area contributed by atoms with Crippen LogP contribution in [0.1, 0.15) is 43.2 Å². The van der Waals surface area contributed by atoms with Crippen molar-refractivity contribution >= 4 is 12.1 Å². The second-order valence-corrected chi connectivity index (χ2v) is 9.84. The van der Waals surface area contributed by atoms with Gasteiger partial charge in [-0.25, -0.2) is 9.59 Å². The van der Waals surface area contributed by atoms with Crippen molar-refractivity contribution < 1.29 is 23.9 Å². The Labute approximate surface area is 189 Å². The number of amides is 1. The monoisotopic (exact) mass is 437 g/mol. The van der Waals surface area contributed by atoms with Gasteiger partial charge in [-0.3, -0.25) is 0 Å². The highest BCUT2D eigenvalue weighted by atomic mass is 16.5. The van der Waals surface area contributed by atoms with E-state index in [-0.39, 0.29) is 12.5 Å². The van der Waals surface area contributed by atoms with Crippen LogP contribution >= 0.6 is 0 Å². The van der Waals surface area contributed by atoms with Crippen molar-refractivity contribution in [3.8, 4) is 11.1 Å². The first-order valence-electron chi connectivity index (χ1n) is 11.4. The van der Waals surface area contributed by atoms with Gasteiger partial charge in [-0.2, -0.15) is 0 Å². The number of likely N-dealkylation sites (tertiary alicyclic amines) is 1. The average molecular weight is 438 g/mol. The minimum atomic E-state index is -0.993. The Bertz CT molecular complexity index is 961. The van der Waals surface area contributed by atoms with Crippen LogP contribution in [-0.4, -0.2) is 61.5 Å². The molecule has 0 bridgehead atoms. The fraction of sp³-hybridized carbons (Fsp3) is 0.462. The number of piperidine rings is 1. The third-order valence-corrected chi connectivity index (χ3v) is 7.60. The molecule has 0 radical (unpaired) electrons. The Hall–Kier alpha value is -2.86. The molecule has 6 nitrogen and oxygen atoms in total. The lowest BCUT2D eigenvalue weighted by Crippen LogP contribution is -2.59. The summed E-state index contributed by atoms with van der Waals surface area (Å²) in [6, 6.07) is 15.4. The highest BCUT2D eigenvalue weighted by molar-refractivity contribution is 5.81. The molecule has 1 amide bonds. The number of carboxylic acids is 1. The number of rotatable bonds is 6. The van der Waals surface area contributed by atoms with Gasteiger partial charge in [0.25, 0.3) is 0 Å². The van der Waals surface area contributed by atoms with Gasteiger partial charge in [-0.1, -0.05) is 55.5 Å². The molecule has 32 heavy (non-hydrogen) atoms. The highest BCUT2D eigenvalue weighted by Crippen LogP contribution is 2.44. The molecule has 4 rings (SSSR count). The maximum atomic E-state index is 12.8. The van der Waals surface area contributed by atoms with E-state index >= 15 is 0 Å². The third-order valence-electron chi connectivity index (χ3n) is 7.60. The average Bonchev–Trinajstić information content (AvgIpc) is 3.10. The van der Waals surface area contributed by atoms with Crippen LogP contribution in [0, 0.1) is 5.41 Å². The molecule has 1 aliphatic heterocycles. The van der Waals surface area contributed by atoms with Crippen LogP contribution in [0.15, 0.2) is 48.5 Å². The molecule has 2 aromatic carbocycles. The summed E-state index contributed by atoms with van der Waals surface area (Å²) in [5.41, 5.74) is 4.13. The van der Waals surface area contributed by atoms with E-state index in [1.165, 1.54) is 0 Å². The Morgan fingerprint density at radius 1 is 1.06 bits per heavy atom. The minimum absolute atomic E-state index is 0.0515. The van der Waals surface area contributed by atoms with Gasteiger partial charge in [-0.05, 0) is 28.7 Å². The lowest BCUT2D eigenvalue weighted by Gasteiger charge is -2.46. The van der Waals surface area contributed by atoms with Crippen molar-refractivity contribution in [2.24, 2.45) is 5.41 Å². The van der Waals surface area contributed by atoms with Crippen molar-refractivity contribution in [1.29, 1.82) is 0 Å². The number of hydrogen-bond donors (Lipinski definition) is 2. The summed E-state index contributed by atoms with van der Waals surface area (Å²) < 4.78 is 6.50. The van der Waals surface area contributed by atoms with Gasteiger partial charge in [0.2, 0.25) is 0 Å².